The molecule has 2 amide bonds. The molecule has 0 aliphatic carbocycles. The molecule has 0 saturated carbocycles. The molecule has 5 heteroatoms. The number of hydroxylamine groups is 1. The van der Waals surface area contributed by atoms with E-state index in [1.165, 1.54) is 0 Å². The van der Waals surface area contributed by atoms with E-state index in [2.05, 4.69) is 10.6 Å². The number of carbonyl (C=O) groups excluding carboxylic acids is 1. The van der Waals surface area contributed by atoms with Gasteiger partial charge in [-0.05, 0) is 0 Å². The van der Waals surface area contributed by atoms with Gasteiger partial charge in [0.2, 0.25) is 0 Å². The van der Waals surface area contributed by atoms with Crippen molar-refractivity contribution in [2.75, 3.05) is 13.2 Å². The van der Waals surface area contributed by atoms with E-state index in [4.69, 9.17) is 5.73 Å². The highest BCUT2D eigenvalue weighted by atomic mass is 16.7. The second kappa shape index (κ2) is 4.35. The Morgan fingerprint density at radius 3 is 2.75 bits per heavy atom. The fraction of sp³-hybridized carbons (Fsp3) is 0.667. The van der Waals surface area contributed by atoms with Crippen molar-refractivity contribution in [3.8, 4) is 0 Å². The zero-order valence-electron chi connectivity index (χ0n) is 4.39. The van der Waals surface area contributed by atoms with Gasteiger partial charge in [0.15, 0.2) is 0 Å². The number of rotatable bonds is 3. The Morgan fingerprint density at radius 2 is 2.38 bits per heavy atom. The van der Waals surface area contributed by atoms with Crippen LogP contribution in [-0.2, 0) is 4.84 Å². The molecule has 0 aromatic carbocycles. The number of hydrogen-bond donors (Lipinski definition) is 3. The summed E-state index contributed by atoms with van der Waals surface area (Å²) in [6.45, 7) is 0.642. The maximum atomic E-state index is 9.82. The van der Waals surface area contributed by atoms with E-state index in [9.17, 15) is 4.79 Å². The van der Waals surface area contributed by atoms with E-state index in [0.29, 0.717) is 6.54 Å². The van der Waals surface area contributed by atoms with Gasteiger partial charge in [-0.25, -0.2) is 10.3 Å². The van der Waals surface area contributed by atoms with Gasteiger partial charge < -0.3 is 11.5 Å². The standard InChI is InChI=1S/C3H9N3O2/c4-1-2-8-6-3(5)7/h1-2,4H2,(H3,5,6,7). The first kappa shape index (κ1) is 7.19. The molecule has 0 bridgehead atoms. The maximum Gasteiger partial charge on any atom is 0.336 e. The zero-order chi connectivity index (χ0) is 6.41. The van der Waals surface area contributed by atoms with E-state index in [0.717, 1.165) is 0 Å². The average Bonchev–Trinajstić information content (AvgIpc) is 1.66. The van der Waals surface area contributed by atoms with Crippen molar-refractivity contribution >= 4 is 6.03 Å². The average molecular weight is 119 g/mol. The molecule has 8 heavy (non-hydrogen) atoms. The minimum Gasteiger partial charge on any atom is -0.350 e. The third-order valence-corrected chi connectivity index (χ3v) is 0.393. The first-order valence-corrected chi connectivity index (χ1v) is 2.14. The molecule has 0 aliphatic rings. The monoisotopic (exact) mass is 119 g/mol. The van der Waals surface area contributed by atoms with Crippen molar-refractivity contribution in [2.45, 2.75) is 0 Å². The van der Waals surface area contributed by atoms with Crippen LogP contribution in [0.5, 0.6) is 0 Å². The Balaban J connectivity index is 2.82. The normalized spacial score (nSPS) is 8.62. The van der Waals surface area contributed by atoms with Crippen LogP contribution in [-0.4, -0.2) is 19.2 Å². The van der Waals surface area contributed by atoms with Crippen molar-refractivity contribution in [1.82, 2.24) is 5.48 Å². The second-order valence-electron chi connectivity index (χ2n) is 1.10. The van der Waals surface area contributed by atoms with Crippen LogP contribution >= 0.6 is 0 Å². The Labute approximate surface area is 46.9 Å². The Hall–Kier alpha value is -0.810. The molecule has 5 N–H and O–H groups in total. The smallest absolute Gasteiger partial charge is 0.336 e. The van der Waals surface area contributed by atoms with Gasteiger partial charge in [-0.2, -0.15) is 0 Å². The minimum atomic E-state index is -0.710. The molecule has 0 saturated heterocycles. The lowest BCUT2D eigenvalue weighted by atomic mass is 10.8. The molecule has 0 unspecified atom stereocenters. The maximum absolute atomic E-state index is 9.82. The summed E-state index contributed by atoms with van der Waals surface area (Å²) in [6.07, 6.45) is 0. The summed E-state index contributed by atoms with van der Waals surface area (Å²) in [5, 5.41) is 0. The number of urea groups is 1. The van der Waals surface area contributed by atoms with Crippen molar-refractivity contribution < 1.29 is 9.63 Å². The topological polar surface area (TPSA) is 90.4 Å². The fourth-order valence-electron chi connectivity index (χ4n) is 0.181. The van der Waals surface area contributed by atoms with Crippen LogP contribution < -0.4 is 16.9 Å². The Morgan fingerprint density at radius 1 is 1.75 bits per heavy atom. The first-order valence-electron chi connectivity index (χ1n) is 2.14. The molecule has 0 aromatic heterocycles. The third-order valence-electron chi connectivity index (χ3n) is 0.393. The van der Waals surface area contributed by atoms with Crippen LogP contribution in [0.25, 0.3) is 0 Å². The molecule has 0 atom stereocenters. The third kappa shape index (κ3) is 5.19. The van der Waals surface area contributed by atoms with Gasteiger partial charge in [0.1, 0.15) is 0 Å². The number of amides is 2. The summed E-state index contributed by atoms with van der Waals surface area (Å²) in [7, 11) is 0. The highest BCUT2D eigenvalue weighted by Gasteiger charge is 1.86. The number of nitrogens with two attached hydrogens (primary N) is 2. The quantitative estimate of drug-likeness (QED) is 0.313. The molecule has 5 nitrogen and oxygen atoms in total. The number of nitrogens with one attached hydrogen (secondary N) is 1. The molecule has 0 heterocycles. The van der Waals surface area contributed by atoms with Gasteiger partial charge >= 0.3 is 6.03 Å². The number of hydrogen-bond acceptors (Lipinski definition) is 3. The van der Waals surface area contributed by atoms with Crippen molar-refractivity contribution in [2.24, 2.45) is 11.5 Å². The second-order valence-corrected chi connectivity index (χ2v) is 1.10. The Bertz CT molecular complexity index is 74.9. The van der Waals surface area contributed by atoms with Crippen molar-refractivity contribution in [3.63, 3.8) is 0 Å². The SMILES string of the molecule is NCCONC(N)=O. The van der Waals surface area contributed by atoms with Crippen LogP contribution in [0.4, 0.5) is 4.79 Å². The summed E-state index contributed by atoms with van der Waals surface area (Å²) in [5.41, 5.74) is 11.5. The zero-order valence-corrected chi connectivity index (χ0v) is 4.39. The molecule has 0 aromatic rings. The van der Waals surface area contributed by atoms with E-state index in [1.54, 1.807) is 0 Å². The molecule has 0 fully saturated rings. The molecule has 48 valence electrons. The van der Waals surface area contributed by atoms with Crippen LogP contribution in [0.2, 0.25) is 0 Å². The van der Waals surface area contributed by atoms with E-state index < -0.39 is 6.03 Å². The molecule has 0 aliphatic heterocycles. The van der Waals surface area contributed by atoms with E-state index in [1.807, 2.05) is 5.48 Å². The first-order chi connectivity index (χ1) is 3.77. The summed E-state index contributed by atoms with van der Waals surface area (Å²) in [6, 6.07) is -0.710. The van der Waals surface area contributed by atoms with Crippen molar-refractivity contribution in [3.05, 3.63) is 0 Å². The highest BCUT2D eigenvalue weighted by molar-refractivity contribution is 5.70. The lowest BCUT2D eigenvalue weighted by Gasteiger charge is -1.97. The van der Waals surface area contributed by atoms with Gasteiger partial charge in [0.05, 0.1) is 6.61 Å². The fourth-order valence-corrected chi connectivity index (χ4v) is 0.181. The summed E-state index contributed by atoms with van der Waals surface area (Å²) >= 11 is 0. The van der Waals surface area contributed by atoms with Crippen LogP contribution in [0.15, 0.2) is 0 Å². The molecular weight excluding hydrogens is 110 g/mol. The lowest BCUT2D eigenvalue weighted by Crippen LogP contribution is -2.31. The highest BCUT2D eigenvalue weighted by Crippen LogP contribution is 1.60. The summed E-state index contributed by atoms with van der Waals surface area (Å²) < 4.78 is 0. The molecular formula is C3H9N3O2. The minimum absolute atomic E-state index is 0.281. The predicted molar refractivity (Wildman–Crippen MR) is 27.7 cm³/mol. The van der Waals surface area contributed by atoms with Gasteiger partial charge in [-0.15, -0.1) is 0 Å². The van der Waals surface area contributed by atoms with Gasteiger partial charge in [-0.3, -0.25) is 4.84 Å². The van der Waals surface area contributed by atoms with E-state index >= 15 is 0 Å². The number of carbonyl (C=O) groups is 1. The molecule has 0 rings (SSSR count). The van der Waals surface area contributed by atoms with Gasteiger partial charge in [0, 0.05) is 6.54 Å². The number of primary amides is 1. The van der Waals surface area contributed by atoms with Crippen LogP contribution in [0, 0.1) is 0 Å². The van der Waals surface area contributed by atoms with Gasteiger partial charge in [0.25, 0.3) is 0 Å². The lowest BCUT2D eigenvalue weighted by molar-refractivity contribution is 0.0700. The van der Waals surface area contributed by atoms with Crippen LogP contribution in [0.3, 0.4) is 0 Å². The van der Waals surface area contributed by atoms with Crippen LogP contribution in [0.1, 0.15) is 0 Å². The molecule has 0 spiro atoms. The molecule has 0 radical (unpaired) electrons. The largest absolute Gasteiger partial charge is 0.350 e. The summed E-state index contributed by atoms with van der Waals surface area (Å²) in [5.74, 6) is 0. The Kier molecular flexibility index (Phi) is 3.91. The van der Waals surface area contributed by atoms with Crippen molar-refractivity contribution in [1.29, 1.82) is 0 Å². The summed E-state index contributed by atoms with van der Waals surface area (Å²) in [4.78, 5) is 14.2. The van der Waals surface area contributed by atoms with E-state index in [-0.39, 0.29) is 6.61 Å². The predicted octanol–water partition coefficient (Wildman–Crippen LogP) is -1.45. The van der Waals surface area contributed by atoms with Gasteiger partial charge in [-0.1, -0.05) is 0 Å².